The van der Waals surface area contributed by atoms with Gasteiger partial charge in [0.1, 0.15) is 9.73 Å². The summed E-state index contributed by atoms with van der Waals surface area (Å²) in [5, 5.41) is 0.135. The van der Waals surface area contributed by atoms with Crippen molar-refractivity contribution >= 4 is 19.8 Å². The summed E-state index contributed by atoms with van der Waals surface area (Å²) in [5.74, 6) is 0. The molecule has 0 aliphatic rings. The van der Waals surface area contributed by atoms with Gasteiger partial charge in [0.25, 0.3) is 10.0 Å². The number of benzene rings is 1. The third kappa shape index (κ3) is 3.16. The predicted octanol–water partition coefficient (Wildman–Crippen LogP) is 1.88. The fourth-order valence-corrected chi connectivity index (χ4v) is 5.71. The first-order chi connectivity index (χ1) is 9.63. The number of aryl methyl sites for hydroxylation is 3. The van der Waals surface area contributed by atoms with Crippen molar-refractivity contribution in [3.05, 3.63) is 41.7 Å². The average Bonchev–Trinajstić information content (AvgIpc) is 2.74. The van der Waals surface area contributed by atoms with Crippen molar-refractivity contribution in [2.24, 2.45) is 10.8 Å². The summed E-state index contributed by atoms with van der Waals surface area (Å²) in [6, 6.07) is 4.92. The molecule has 0 spiro atoms. The highest BCUT2D eigenvalue weighted by atomic mass is 32.3. The van der Waals surface area contributed by atoms with Crippen molar-refractivity contribution in [2.45, 2.75) is 23.9 Å². The van der Waals surface area contributed by atoms with E-state index in [1.165, 1.54) is 23.1 Å². The summed E-state index contributed by atoms with van der Waals surface area (Å²) in [6.45, 7) is 3.56. The lowest BCUT2D eigenvalue weighted by atomic mass is 10.2. The quantitative estimate of drug-likeness (QED) is 0.862. The maximum Gasteiger partial charge on any atom is 0.290 e. The molecule has 8 heteroatoms. The minimum Gasteiger partial charge on any atom is -0.326 e. The van der Waals surface area contributed by atoms with Gasteiger partial charge in [0.15, 0.2) is 0 Å². The van der Waals surface area contributed by atoms with Gasteiger partial charge in [0.2, 0.25) is 5.16 Å². The second kappa shape index (κ2) is 5.27. The van der Waals surface area contributed by atoms with Crippen LogP contribution in [0.25, 0.3) is 0 Å². The number of rotatable bonds is 3. The van der Waals surface area contributed by atoms with E-state index in [0.717, 1.165) is 5.56 Å². The smallest absolute Gasteiger partial charge is 0.290 e. The van der Waals surface area contributed by atoms with Gasteiger partial charge in [-0.3, -0.25) is 0 Å². The molecule has 21 heavy (non-hydrogen) atoms. The Hall–Kier alpha value is -1.67. The second-order valence-corrected chi connectivity index (χ2v) is 8.90. The van der Waals surface area contributed by atoms with Crippen LogP contribution in [0.3, 0.4) is 0 Å². The number of hydrogen-bond acceptors (Lipinski definition) is 4. The summed E-state index contributed by atoms with van der Waals surface area (Å²) >= 11 is 0. The molecule has 0 amide bonds. The molecule has 1 unspecified atom stereocenters. The maximum atomic E-state index is 12.6. The third-order valence-corrected chi connectivity index (χ3v) is 6.97. The molecule has 1 heterocycles. The van der Waals surface area contributed by atoms with Gasteiger partial charge in [-0.2, -0.15) is 8.42 Å². The van der Waals surface area contributed by atoms with E-state index in [-0.39, 0.29) is 10.1 Å². The van der Waals surface area contributed by atoms with Crippen molar-refractivity contribution in [3.63, 3.8) is 0 Å². The Morgan fingerprint density at radius 2 is 1.86 bits per heavy atom. The number of hydrogen-bond donors (Lipinski definition) is 0. The van der Waals surface area contributed by atoms with E-state index in [4.69, 9.17) is 0 Å². The standard InChI is InChI=1S/C13H17N3O3S2/c1-10-5-6-12(11(2)9-10)21(18,19)15-20(4,17)13-14-7-8-16(13)3/h5-9H,1-4H3. The lowest BCUT2D eigenvalue weighted by molar-refractivity contribution is 0.597. The summed E-state index contributed by atoms with van der Waals surface area (Å²) < 4.78 is 42.5. The lowest BCUT2D eigenvalue weighted by Gasteiger charge is -2.07. The molecule has 114 valence electrons. The van der Waals surface area contributed by atoms with Crippen molar-refractivity contribution in [3.8, 4) is 0 Å². The second-order valence-electron chi connectivity index (χ2n) is 4.94. The van der Waals surface area contributed by atoms with Crippen LogP contribution < -0.4 is 0 Å². The average molecular weight is 327 g/mol. The molecule has 0 radical (unpaired) electrons. The van der Waals surface area contributed by atoms with Crippen LogP contribution in [0.1, 0.15) is 11.1 Å². The maximum absolute atomic E-state index is 12.6. The Bertz CT molecular complexity index is 904. The normalized spacial score (nSPS) is 14.7. The molecule has 6 nitrogen and oxygen atoms in total. The topological polar surface area (TPSA) is 81.4 Å². The van der Waals surface area contributed by atoms with E-state index in [0.29, 0.717) is 5.56 Å². The minimum absolute atomic E-state index is 0.0666. The Morgan fingerprint density at radius 1 is 1.19 bits per heavy atom. The van der Waals surface area contributed by atoms with Gasteiger partial charge in [-0.1, -0.05) is 21.5 Å². The van der Waals surface area contributed by atoms with Gasteiger partial charge in [0.05, 0.1) is 4.90 Å². The summed E-state index contributed by atoms with van der Waals surface area (Å²) in [6.07, 6.45) is 4.33. The first-order valence-electron chi connectivity index (χ1n) is 6.16. The highest BCUT2D eigenvalue weighted by Crippen LogP contribution is 2.21. The minimum atomic E-state index is -4.01. The number of sulfonamides is 1. The fourth-order valence-electron chi connectivity index (χ4n) is 2.07. The Kier molecular flexibility index (Phi) is 3.94. The van der Waals surface area contributed by atoms with Gasteiger partial charge in [-0.05, 0) is 25.5 Å². The van der Waals surface area contributed by atoms with Crippen LogP contribution in [0.2, 0.25) is 0 Å². The van der Waals surface area contributed by atoms with Crippen LogP contribution in [-0.4, -0.2) is 28.4 Å². The van der Waals surface area contributed by atoms with E-state index in [9.17, 15) is 12.6 Å². The lowest BCUT2D eigenvalue weighted by Crippen LogP contribution is -2.10. The van der Waals surface area contributed by atoms with Gasteiger partial charge in [0, 0.05) is 25.7 Å². The zero-order valence-corrected chi connectivity index (χ0v) is 13.9. The van der Waals surface area contributed by atoms with Crippen LogP contribution in [-0.2, 0) is 26.8 Å². The number of imidazole rings is 1. The first-order valence-corrected chi connectivity index (χ1v) is 9.53. The monoisotopic (exact) mass is 327 g/mol. The summed E-state index contributed by atoms with van der Waals surface area (Å²) in [7, 11) is -5.51. The molecule has 1 aromatic carbocycles. The van der Waals surface area contributed by atoms with Gasteiger partial charge >= 0.3 is 0 Å². The van der Waals surface area contributed by atoms with Crippen LogP contribution >= 0.6 is 0 Å². The molecule has 0 saturated carbocycles. The molecule has 1 aromatic heterocycles. The highest BCUT2D eigenvalue weighted by molar-refractivity contribution is 8.02. The SMILES string of the molecule is Cc1ccc(S(=O)(=O)N=S(C)(=O)c2nccn2C)c(C)c1. The van der Waals surface area contributed by atoms with Crippen molar-refractivity contribution in [2.75, 3.05) is 6.26 Å². The van der Waals surface area contributed by atoms with Crippen LogP contribution in [0, 0.1) is 13.8 Å². The van der Waals surface area contributed by atoms with E-state index < -0.39 is 19.8 Å². The van der Waals surface area contributed by atoms with E-state index in [2.05, 4.69) is 8.75 Å². The Balaban J connectivity index is 2.63. The molecular weight excluding hydrogens is 310 g/mol. The zero-order valence-electron chi connectivity index (χ0n) is 12.3. The molecule has 2 rings (SSSR count). The molecule has 0 bridgehead atoms. The third-order valence-electron chi connectivity index (χ3n) is 2.96. The summed E-state index contributed by atoms with van der Waals surface area (Å²) in [4.78, 5) is 4.00. The number of aromatic nitrogens is 2. The molecule has 0 N–H and O–H groups in total. The van der Waals surface area contributed by atoms with Crippen molar-refractivity contribution in [1.82, 2.24) is 9.55 Å². The van der Waals surface area contributed by atoms with Crippen molar-refractivity contribution in [1.29, 1.82) is 0 Å². The van der Waals surface area contributed by atoms with Crippen LogP contribution in [0.15, 0.2) is 44.4 Å². The molecule has 2 aromatic rings. The Labute approximate surface area is 125 Å². The van der Waals surface area contributed by atoms with Gasteiger partial charge < -0.3 is 4.57 Å². The van der Waals surface area contributed by atoms with E-state index >= 15 is 0 Å². The fraction of sp³-hybridized carbons (Fsp3) is 0.308. The largest absolute Gasteiger partial charge is 0.326 e. The molecule has 0 aliphatic heterocycles. The number of nitrogens with zero attached hydrogens (tertiary/aromatic N) is 3. The van der Waals surface area contributed by atoms with E-state index in [1.54, 1.807) is 32.3 Å². The molecular formula is C13H17N3O3S2. The molecule has 0 saturated heterocycles. The zero-order chi connectivity index (χ0) is 15.8. The van der Waals surface area contributed by atoms with Crippen LogP contribution in [0.5, 0.6) is 0 Å². The molecule has 1 atom stereocenters. The predicted molar refractivity (Wildman–Crippen MR) is 81.1 cm³/mol. The summed E-state index contributed by atoms with van der Waals surface area (Å²) in [5.41, 5.74) is 1.53. The first kappa shape index (κ1) is 15.7. The van der Waals surface area contributed by atoms with Gasteiger partial charge in [-0.15, -0.1) is 0 Å². The van der Waals surface area contributed by atoms with Crippen molar-refractivity contribution < 1.29 is 12.6 Å². The molecule has 0 aliphatic carbocycles. The highest BCUT2D eigenvalue weighted by Gasteiger charge is 2.21. The van der Waals surface area contributed by atoms with E-state index in [1.807, 2.05) is 6.92 Å². The Morgan fingerprint density at radius 3 is 2.38 bits per heavy atom. The van der Waals surface area contributed by atoms with Crippen LogP contribution in [0.4, 0.5) is 0 Å². The molecule has 0 fully saturated rings. The van der Waals surface area contributed by atoms with Gasteiger partial charge in [-0.25, -0.2) is 9.19 Å².